The second kappa shape index (κ2) is 11.1. The highest BCUT2D eigenvalue weighted by Crippen LogP contribution is 2.37. The number of rotatable bonds is 9. The molecule has 38 heavy (non-hydrogen) atoms. The number of non-ortho nitro benzene ring substituents is 1. The minimum absolute atomic E-state index is 0.0287. The normalized spacial score (nSPS) is 11.8. The maximum Gasteiger partial charge on any atom is 0.270 e. The molecule has 1 atom stereocenters. The third-order valence-electron chi connectivity index (χ3n) is 6.79. The van der Waals surface area contributed by atoms with Crippen LogP contribution >= 0.6 is 0 Å². The number of carbonyl (C=O) groups is 1. The lowest BCUT2D eigenvalue weighted by molar-refractivity contribution is -0.384. The van der Waals surface area contributed by atoms with Crippen LogP contribution in [0.2, 0.25) is 0 Å². The predicted octanol–water partition coefficient (Wildman–Crippen LogP) is 6.14. The van der Waals surface area contributed by atoms with Gasteiger partial charge in [-0.15, -0.1) is 0 Å². The molecule has 2 heterocycles. The number of hydrogen-bond acceptors (Lipinski definition) is 4. The van der Waals surface area contributed by atoms with E-state index < -0.39 is 0 Å². The Kier molecular flexibility index (Phi) is 7.26. The van der Waals surface area contributed by atoms with Gasteiger partial charge in [0.25, 0.3) is 5.69 Å². The molecule has 2 aromatic heterocycles. The molecule has 0 saturated heterocycles. The lowest BCUT2D eigenvalue weighted by Crippen LogP contribution is -2.25. The van der Waals surface area contributed by atoms with Gasteiger partial charge in [-0.25, -0.2) is 0 Å². The lowest BCUT2D eigenvalue weighted by Gasteiger charge is -2.18. The first-order valence-electron chi connectivity index (χ1n) is 12.5. The number of nitro benzene ring substituents is 1. The average Bonchev–Trinajstić information content (AvgIpc) is 3.29. The van der Waals surface area contributed by atoms with Crippen LogP contribution in [0.3, 0.4) is 0 Å². The molecule has 0 spiro atoms. The van der Waals surface area contributed by atoms with Gasteiger partial charge in [0, 0.05) is 67.1 Å². The Balaban J connectivity index is 1.56. The summed E-state index contributed by atoms with van der Waals surface area (Å²) in [6.45, 7) is 3.04. The number of hydrogen-bond donors (Lipinski definition) is 1. The average molecular weight is 505 g/mol. The number of aryl methyl sites for hydroxylation is 1. The minimum atomic E-state index is -0.375. The molecule has 0 aliphatic heterocycles. The van der Waals surface area contributed by atoms with Gasteiger partial charge >= 0.3 is 0 Å². The topological polar surface area (TPSA) is 90.1 Å². The summed E-state index contributed by atoms with van der Waals surface area (Å²) >= 11 is 0. The molecule has 7 nitrogen and oxygen atoms in total. The molecule has 5 rings (SSSR count). The number of carbonyl (C=O) groups excluding carboxylic acids is 1. The number of pyridine rings is 1. The predicted molar refractivity (Wildman–Crippen MR) is 148 cm³/mol. The molecule has 1 N–H and O–H groups in total. The molecule has 0 fully saturated rings. The molecule has 5 aromatic rings. The standard InChI is InChI=1S/C31H28N4O3/c1-22-7-9-25(10-8-22)27(18-31(36)33-19-23-13-15-32-16-14-23)29-21-34(20-24-5-3-2-4-6-24)30-12-11-26(35(37)38)17-28(29)30/h2-17,21,27H,18-20H2,1H3,(H,33,36)/t27-/m0/s1. The number of aromatic nitrogens is 2. The van der Waals surface area contributed by atoms with E-state index in [9.17, 15) is 14.9 Å². The molecule has 7 heteroatoms. The van der Waals surface area contributed by atoms with Gasteiger partial charge in [0.2, 0.25) is 5.91 Å². The van der Waals surface area contributed by atoms with E-state index >= 15 is 0 Å². The molecule has 3 aromatic carbocycles. The molecule has 190 valence electrons. The van der Waals surface area contributed by atoms with Crippen molar-refractivity contribution < 1.29 is 9.72 Å². The smallest absolute Gasteiger partial charge is 0.270 e. The summed E-state index contributed by atoms with van der Waals surface area (Å²) in [4.78, 5) is 28.5. The van der Waals surface area contributed by atoms with Crippen molar-refractivity contribution in [2.45, 2.75) is 32.4 Å². The van der Waals surface area contributed by atoms with Gasteiger partial charge in [-0.2, -0.15) is 0 Å². The molecule has 0 bridgehead atoms. The highest BCUT2D eigenvalue weighted by atomic mass is 16.6. The monoisotopic (exact) mass is 504 g/mol. The summed E-state index contributed by atoms with van der Waals surface area (Å²) in [5.74, 6) is -0.378. The van der Waals surface area contributed by atoms with Gasteiger partial charge in [0.15, 0.2) is 0 Å². The van der Waals surface area contributed by atoms with E-state index in [0.717, 1.165) is 38.7 Å². The Bertz CT molecular complexity index is 1560. The zero-order valence-corrected chi connectivity index (χ0v) is 21.1. The summed E-state index contributed by atoms with van der Waals surface area (Å²) < 4.78 is 2.11. The summed E-state index contributed by atoms with van der Waals surface area (Å²) in [5, 5.41) is 15.5. The number of nitro groups is 1. The summed E-state index contributed by atoms with van der Waals surface area (Å²) in [6, 6.07) is 26.9. The van der Waals surface area contributed by atoms with Gasteiger partial charge in [0.1, 0.15) is 0 Å². The van der Waals surface area contributed by atoms with E-state index in [1.807, 2.05) is 67.7 Å². The lowest BCUT2D eigenvalue weighted by atomic mass is 9.87. The third kappa shape index (κ3) is 5.62. The van der Waals surface area contributed by atoms with Crippen molar-refractivity contribution in [1.29, 1.82) is 0 Å². The Morgan fingerprint density at radius 2 is 1.71 bits per heavy atom. The van der Waals surface area contributed by atoms with Crippen molar-refractivity contribution >= 4 is 22.5 Å². The second-order valence-electron chi connectivity index (χ2n) is 9.46. The Labute approximate surface area is 220 Å². The van der Waals surface area contributed by atoms with Gasteiger partial charge < -0.3 is 9.88 Å². The first kappa shape index (κ1) is 24.9. The first-order chi connectivity index (χ1) is 18.5. The molecular weight excluding hydrogens is 476 g/mol. The van der Waals surface area contributed by atoms with Crippen LogP contribution in [0.5, 0.6) is 0 Å². The van der Waals surface area contributed by atoms with Crippen LogP contribution in [0.25, 0.3) is 10.9 Å². The fourth-order valence-corrected chi connectivity index (χ4v) is 4.78. The fourth-order valence-electron chi connectivity index (χ4n) is 4.78. The van der Waals surface area contributed by atoms with Crippen LogP contribution < -0.4 is 5.32 Å². The summed E-state index contributed by atoms with van der Waals surface area (Å²) in [7, 11) is 0. The van der Waals surface area contributed by atoms with Gasteiger partial charge in [0.05, 0.1) is 4.92 Å². The van der Waals surface area contributed by atoms with E-state index in [2.05, 4.69) is 27.0 Å². The number of benzene rings is 3. The van der Waals surface area contributed by atoms with E-state index in [4.69, 9.17) is 0 Å². The fraction of sp³-hybridized carbons (Fsp3) is 0.161. The van der Waals surface area contributed by atoms with Crippen molar-refractivity contribution in [1.82, 2.24) is 14.9 Å². The first-order valence-corrected chi connectivity index (χ1v) is 12.5. The maximum absolute atomic E-state index is 13.2. The van der Waals surface area contributed by atoms with Crippen molar-refractivity contribution in [2.75, 3.05) is 0 Å². The van der Waals surface area contributed by atoms with Crippen molar-refractivity contribution in [3.63, 3.8) is 0 Å². The van der Waals surface area contributed by atoms with E-state index in [1.54, 1.807) is 24.5 Å². The number of amides is 1. The minimum Gasteiger partial charge on any atom is -0.352 e. The number of nitrogens with one attached hydrogen (secondary N) is 1. The van der Waals surface area contributed by atoms with Gasteiger partial charge in [-0.3, -0.25) is 19.9 Å². The Morgan fingerprint density at radius 1 is 0.974 bits per heavy atom. The van der Waals surface area contributed by atoms with Crippen molar-refractivity contribution in [3.05, 3.63) is 141 Å². The SMILES string of the molecule is Cc1ccc([C@H](CC(=O)NCc2ccncc2)c2cn(Cc3ccccc3)c3ccc([N+](=O)[O-])cc23)cc1. The molecule has 0 radical (unpaired) electrons. The molecular formula is C31H28N4O3. The number of fused-ring (bicyclic) bond motifs is 1. The van der Waals surface area contributed by atoms with E-state index in [-0.39, 0.29) is 28.9 Å². The molecule has 0 aliphatic carbocycles. The molecule has 0 aliphatic rings. The largest absolute Gasteiger partial charge is 0.352 e. The zero-order valence-electron chi connectivity index (χ0n) is 21.1. The second-order valence-corrected chi connectivity index (χ2v) is 9.46. The highest BCUT2D eigenvalue weighted by Gasteiger charge is 2.24. The van der Waals surface area contributed by atoms with E-state index in [0.29, 0.717) is 13.1 Å². The molecule has 0 unspecified atom stereocenters. The summed E-state index contributed by atoms with van der Waals surface area (Å²) in [6.07, 6.45) is 5.65. The van der Waals surface area contributed by atoms with Crippen LogP contribution in [-0.4, -0.2) is 20.4 Å². The maximum atomic E-state index is 13.2. The van der Waals surface area contributed by atoms with Gasteiger partial charge in [-0.1, -0.05) is 60.2 Å². The Morgan fingerprint density at radius 3 is 2.42 bits per heavy atom. The number of nitrogens with zero attached hydrogens (tertiary/aromatic N) is 3. The van der Waals surface area contributed by atoms with E-state index in [1.165, 1.54) is 6.07 Å². The third-order valence-corrected chi connectivity index (χ3v) is 6.79. The van der Waals surface area contributed by atoms with Crippen LogP contribution in [0.4, 0.5) is 5.69 Å². The highest BCUT2D eigenvalue weighted by molar-refractivity contribution is 5.88. The van der Waals surface area contributed by atoms with Crippen LogP contribution in [0, 0.1) is 17.0 Å². The van der Waals surface area contributed by atoms with Crippen molar-refractivity contribution in [2.24, 2.45) is 0 Å². The van der Waals surface area contributed by atoms with Crippen molar-refractivity contribution in [3.8, 4) is 0 Å². The molecule has 1 amide bonds. The van der Waals surface area contributed by atoms with Crippen LogP contribution in [0.1, 0.15) is 40.2 Å². The Hall–Kier alpha value is -4.78. The molecule has 0 saturated carbocycles. The summed E-state index contributed by atoms with van der Waals surface area (Å²) in [5.41, 5.74) is 6.01. The van der Waals surface area contributed by atoms with Gasteiger partial charge in [-0.05, 0) is 47.4 Å². The van der Waals surface area contributed by atoms with Crippen LogP contribution in [0.15, 0.2) is 104 Å². The zero-order chi connectivity index (χ0) is 26.5. The quantitative estimate of drug-likeness (QED) is 0.193. The van der Waals surface area contributed by atoms with Crippen LogP contribution in [-0.2, 0) is 17.9 Å².